The van der Waals surface area contributed by atoms with Gasteiger partial charge < -0.3 is 10.3 Å². The predicted molar refractivity (Wildman–Crippen MR) is 95.4 cm³/mol. The van der Waals surface area contributed by atoms with E-state index in [4.69, 9.17) is 0 Å². The molecular weight excluding hydrogens is 258 g/mol. The zero-order valence-electron chi connectivity index (χ0n) is 14.6. The van der Waals surface area contributed by atoms with Crippen molar-refractivity contribution >= 4 is 0 Å². The number of hydrogen-bond acceptors (Lipinski definition) is 2. The standard InChI is InChI=1S/C19H38NO/c1-3-4-5-6-7-8-9-10-11-12-13-14-15-16-17-18-19-20(2)21/h10-11H,3-9,12-19H2,1-2H3/q-1/b11-10-. The van der Waals surface area contributed by atoms with E-state index in [-0.39, 0.29) is 0 Å². The lowest BCUT2D eigenvalue weighted by Gasteiger charge is -2.21. The average Bonchev–Trinajstić information content (AvgIpc) is 2.46. The molecule has 2 nitrogen and oxygen atoms in total. The Kier molecular flexibility index (Phi) is 17.4. The summed E-state index contributed by atoms with van der Waals surface area (Å²) >= 11 is 0. The summed E-state index contributed by atoms with van der Waals surface area (Å²) in [5.41, 5.74) is 0. The van der Waals surface area contributed by atoms with E-state index in [1.807, 2.05) is 0 Å². The Hall–Kier alpha value is -0.340. The fourth-order valence-electron chi connectivity index (χ4n) is 2.58. The molecule has 0 amide bonds. The van der Waals surface area contributed by atoms with E-state index in [1.165, 1.54) is 83.5 Å². The van der Waals surface area contributed by atoms with Crippen molar-refractivity contribution < 1.29 is 0 Å². The van der Waals surface area contributed by atoms with Crippen molar-refractivity contribution in [3.8, 4) is 0 Å². The molecule has 0 rings (SSSR count). The first-order valence-corrected chi connectivity index (χ1v) is 9.30. The maximum absolute atomic E-state index is 10.7. The van der Waals surface area contributed by atoms with Crippen LogP contribution in [0.15, 0.2) is 12.2 Å². The van der Waals surface area contributed by atoms with E-state index in [0.29, 0.717) is 6.54 Å². The van der Waals surface area contributed by atoms with Crippen LogP contribution in [0.4, 0.5) is 0 Å². The van der Waals surface area contributed by atoms with Crippen molar-refractivity contribution in [2.45, 2.75) is 96.8 Å². The second-order valence-corrected chi connectivity index (χ2v) is 6.29. The summed E-state index contributed by atoms with van der Waals surface area (Å²) in [6, 6.07) is 0. The maximum Gasteiger partial charge on any atom is -0.0147 e. The van der Waals surface area contributed by atoms with Gasteiger partial charge in [0.05, 0.1) is 0 Å². The monoisotopic (exact) mass is 296 g/mol. The molecule has 0 aliphatic heterocycles. The van der Waals surface area contributed by atoms with Gasteiger partial charge in [0.25, 0.3) is 0 Å². The predicted octanol–water partition coefficient (Wildman–Crippen LogP) is 6.45. The molecule has 0 fully saturated rings. The number of allylic oxidation sites excluding steroid dienone is 2. The number of nitrogens with zero attached hydrogens (tertiary/aromatic N) is 1. The lowest BCUT2D eigenvalue weighted by Crippen LogP contribution is -2.10. The van der Waals surface area contributed by atoms with Crippen molar-refractivity contribution in [3.05, 3.63) is 17.4 Å². The molecule has 0 N–H and O–H groups in total. The second-order valence-electron chi connectivity index (χ2n) is 6.29. The minimum atomic E-state index is 0.696. The Morgan fingerprint density at radius 1 is 0.667 bits per heavy atom. The minimum absolute atomic E-state index is 0.696. The quantitative estimate of drug-likeness (QED) is 0.186. The van der Waals surface area contributed by atoms with E-state index in [2.05, 4.69) is 19.1 Å². The molecule has 0 saturated carbocycles. The second kappa shape index (κ2) is 17.7. The van der Waals surface area contributed by atoms with E-state index < -0.39 is 0 Å². The van der Waals surface area contributed by atoms with E-state index in [1.54, 1.807) is 7.05 Å². The Balaban J connectivity index is 3.05. The van der Waals surface area contributed by atoms with Gasteiger partial charge in [-0.05, 0) is 45.7 Å². The molecule has 0 radical (unpaired) electrons. The van der Waals surface area contributed by atoms with Crippen LogP contribution in [0.25, 0.3) is 0 Å². The summed E-state index contributed by atoms with van der Waals surface area (Å²) in [5.74, 6) is 0. The van der Waals surface area contributed by atoms with Crippen LogP contribution >= 0.6 is 0 Å². The summed E-state index contributed by atoms with van der Waals surface area (Å²) in [6.45, 7) is 2.97. The highest BCUT2D eigenvalue weighted by atomic mass is 16.5. The Morgan fingerprint density at radius 3 is 1.57 bits per heavy atom. The molecule has 0 unspecified atom stereocenters. The maximum atomic E-state index is 10.7. The molecule has 0 aromatic heterocycles. The van der Waals surface area contributed by atoms with Crippen molar-refractivity contribution in [1.29, 1.82) is 0 Å². The van der Waals surface area contributed by atoms with Gasteiger partial charge in [-0.25, -0.2) is 0 Å². The van der Waals surface area contributed by atoms with Crippen molar-refractivity contribution in [1.82, 2.24) is 5.06 Å². The van der Waals surface area contributed by atoms with E-state index in [0.717, 1.165) is 11.5 Å². The summed E-state index contributed by atoms with van der Waals surface area (Å²) < 4.78 is 0. The minimum Gasteiger partial charge on any atom is -0.785 e. The van der Waals surface area contributed by atoms with Crippen molar-refractivity contribution in [2.75, 3.05) is 13.6 Å². The molecule has 0 atom stereocenters. The third-order valence-corrected chi connectivity index (χ3v) is 3.98. The first-order chi connectivity index (χ1) is 10.3. The molecule has 0 aromatic carbocycles. The fraction of sp³-hybridized carbons (Fsp3) is 0.895. The van der Waals surface area contributed by atoms with Gasteiger partial charge >= 0.3 is 0 Å². The number of hydrogen-bond donors (Lipinski definition) is 0. The number of rotatable bonds is 16. The summed E-state index contributed by atoms with van der Waals surface area (Å²) in [7, 11) is 1.61. The highest BCUT2D eigenvalue weighted by molar-refractivity contribution is 4.81. The van der Waals surface area contributed by atoms with Gasteiger partial charge in [-0.3, -0.25) is 0 Å². The first kappa shape index (κ1) is 20.7. The molecule has 0 aliphatic rings. The smallest absolute Gasteiger partial charge is 0.0147 e. The third kappa shape index (κ3) is 19.7. The zero-order chi connectivity index (χ0) is 15.6. The van der Waals surface area contributed by atoms with Gasteiger partial charge in [-0.1, -0.05) is 76.9 Å². The normalized spacial score (nSPS) is 11.8. The molecule has 0 saturated heterocycles. The summed E-state index contributed by atoms with van der Waals surface area (Å²) in [4.78, 5) is 0. The van der Waals surface area contributed by atoms with Crippen LogP contribution in [-0.2, 0) is 0 Å². The number of hydroxylamine groups is 2. The van der Waals surface area contributed by atoms with Crippen LogP contribution < -0.4 is 0 Å². The molecule has 0 aromatic rings. The van der Waals surface area contributed by atoms with Crippen LogP contribution in [0, 0.1) is 5.21 Å². The SMILES string of the molecule is CCCCCCCC/C=C\CCCCCCCCN(C)[O-]. The highest BCUT2D eigenvalue weighted by Crippen LogP contribution is 2.09. The van der Waals surface area contributed by atoms with Crippen LogP contribution in [0.5, 0.6) is 0 Å². The van der Waals surface area contributed by atoms with Crippen molar-refractivity contribution in [3.63, 3.8) is 0 Å². The van der Waals surface area contributed by atoms with Gasteiger partial charge in [0.15, 0.2) is 0 Å². The molecule has 0 heterocycles. The summed E-state index contributed by atoms with van der Waals surface area (Å²) in [5, 5.41) is 11.7. The van der Waals surface area contributed by atoms with Gasteiger partial charge in [0.2, 0.25) is 0 Å². The van der Waals surface area contributed by atoms with Crippen LogP contribution in [-0.4, -0.2) is 18.7 Å². The van der Waals surface area contributed by atoms with Crippen LogP contribution in [0.2, 0.25) is 0 Å². The summed E-state index contributed by atoms with van der Waals surface area (Å²) in [6.07, 6.45) is 23.2. The molecule has 126 valence electrons. The lowest BCUT2D eigenvalue weighted by atomic mass is 10.1. The molecule has 2 heteroatoms. The Labute approximate surface area is 133 Å². The molecule has 0 aliphatic carbocycles. The Bertz CT molecular complexity index is 214. The van der Waals surface area contributed by atoms with E-state index >= 15 is 0 Å². The average molecular weight is 297 g/mol. The van der Waals surface area contributed by atoms with E-state index in [9.17, 15) is 5.21 Å². The zero-order valence-corrected chi connectivity index (χ0v) is 14.6. The van der Waals surface area contributed by atoms with Gasteiger partial charge in [-0.15, -0.1) is 0 Å². The van der Waals surface area contributed by atoms with Crippen molar-refractivity contribution in [2.24, 2.45) is 0 Å². The largest absolute Gasteiger partial charge is 0.785 e. The topological polar surface area (TPSA) is 26.3 Å². The molecule has 21 heavy (non-hydrogen) atoms. The van der Waals surface area contributed by atoms with Crippen LogP contribution in [0.1, 0.15) is 96.8 Å². The Morgan fingerprint density at radius 2 is 1.10 bits per heavy atom. The van der Waals surface area contributed by atoms with Gasteiger partial charge in [-0.2, -0.15) is 0 Å². The third-order valence-electron chi connectivity index (χ3n) is 3.98. The molecular formula is C19H38NO-. The lowest BCUT2D eigenvalue weighted by molar-refractivity contribution is 0.430. The van der Waals surface area contributed by atoms with Gasteiger partial charge in [0, 0.05) is 0 Å². The highest BCUT2D eigenvalue weighted by Gasteiger charge is 1.91. The number of unbranched alkanes of at least 4 members (excludes halogenated alkanes) is 12. The molecule has 0 spiro atoms. The van der Waals surface area contributed by atoms with Gasteiger partial charge in [0.1, 0.15) is 0 Å². The fourth-order valence-corrected chi connectivity index (χ4v) is 2.58. The molecule has 0 bridgehead atoms. The first-order valence-electron chi connectivity index (χ1n) is 9.30. The van der Waals surface area contributed by atoms with Crippen LogP contribution in [0.3, 0.4) is 0 Å².